The van der Waals surface area contributed by atoms with E-state index in [1.165, 1.54) is 17.8 Å². The fourth-order valence-electron chi connectivity index (χ4n) is 3.91. The predicted octanol–water partition coefficient (Wildman–Crippen LogP) is 6.28. The van der Waals surface area contributed by atoms with Gasteiger partial charge in [0.15, 0.2) is 0 Å². The van der Waals surface area contributed by atoms with Crippen LogP contribution in [0.25, 0.3) is 10.4 Å². The molecule has 0 amide bonds. The molecule has 2 heterocycles. The first-order valence-corrected chi connectivity index (χ1v) is 11.0. The SMILES string of the molecule is Cc1cc(Nc2nccc(C(F)(F)F)n2)cc(-c2cnc([C@@H](O)C3CCCCC3)s2)c1. The van der Waals surface area contributed by atoms with Crippen molar-refractivity contribution in [1.82, 2.24) is 15.0 Å². The van der Waals surface area contributed by atoms with E-state index in [-0.39, 0.29) is 11.9 Å². The molecule has 9 heteroatoms. The number of aliphatic hydroxyl groups is 1. The van der Waals surface area contributed by atoms with Crippen molar-refractivity contribution in [2.75, 3.05) is 5.32 Å². The summed E-state index contributed by atoms with van der Waals surface area (Å²) >= 11 is 1.45. The highest BCUT2D eigenvalue weighted by Crippen LogP contribution is 2.38. The van der Waals surface area contributed by atoms with E-state index in [1.807, 2.05) is 25.1 Å². The van der Waals surface area contributed by atoms with Crippen LogP contribution in [0.3, 0.4) is 0 Å². The van der Waals surface area contributed by atoms with E-state index in [2.05, 4.69) is 20.3 Å². The number of aliphatic hydroxyl groups excluding tert-OH is 1. The second-order valence-electron chi connectivity index (χ2n) is 7.88. The number of thiazole rings is 1. The molecule has 0 saturated heterocycles. The Balaban J connectivity index is 1.55. The van der Waals surface area contributed by atoms with Crippen molar-refractivity contribution in [3.63, 3.8) is 0 Å². The number of hydrogen-bond donors (Lipinski definition) is 2. The van der Waals surface area contributed by atoms with Gasteiger partial charge in [-0.15, -0.1) is 11.3 Å². The summed E-state index contributed by atoms with van der Waals surface area (Å²) in [5, 5.41) is 14.3. The Bertz CT molecular complexity index is 1050. The van der Waals surface area contributed by atoms with Crippen LogP contribution in [0, 0.1) is 12.8 Å². The summed E-state index contributed by atoms with van der Waals surface area (Å²) < 4.78 is 38.7. The second-order valence-corrected chi connectivity index (χ2v) is 8.94. The molecule has 0 bridgehead atoms. The van der Waals surface area contributed by atoms with Crippen LogP contribution >= 0.6 is 11.3 Å². The maximum atomic E-state index is 12.9. The summed E-state index contributed by atoms with van der Waals surface area (Å²) in [6, 6.07) is 6.44. The van der Waals surface area contributed by atoms with E-state index >= 15 is 0 Å². The normalized spacial score (nSPS) is 16.3. The number of anilines is 2. The highest BCUT2D eigenvalue weighted by molar-refractivity contribution is 7.15. The molecule has 3 aromatic rings. The van der Waals surface area contributed by atoms with E-state index in [0.717, 1.165) is 54.0 Å². The topological polar surface area (TPSA) is 70.9 Å². The quantitative estimate of drug-likeness (QED) is 0.480. The number of nitrogens with one attached hydrogen (secondary N) is 1. The van der Waals surface area contributed by atoms with Gasteiger partial charge in [-0.25, -0.2) is 15.0 Å². The molecule has 1 aliphatic rings. The smallest absolute Gasteiger partial charge is 0.386 e. The molecule has 1 atom stereocenters. The minimum absolute atomic E-state index is 0.121. The molecule has 0 radical (unpaired) electrons. The highest BCUT2D eigenvalue weighted by Gasteiger charge is 2.32. The van der Waals surface area contributed by atoms with Crippen molar-refractivity contribution in [3.8, 4) is 10.4 Å². The second kappa shape index (κ2) is 8.92. The number of benzene rings is 1. The van der Waals surface area contributed by atoms with Gasteiger partial charge in [0.2, 0.25) is 5.95 Å². The molecule has 1 saturated carbocycles. The van der Waals surface area contributed by atoms with E-state index in [4.69, 9.17) is 0 Å². The number of alkyl halides is 3. The zero-order chi connectivity index (χ0) is 22.0. The summed E-state index contributed by atoms with van der Waals surface area (Å²) in [6.45, 7) is 1.90. The van der Waals surface area contributed by atoms with Crippen molar-refractivity contribution in [2.45, 2.75) is 51.3 Å². The molecule has 0 unspecified atom stereocenters. The fourth-order valence-corrected chi connectivity index (χ4v) is 4.90. The van der Waals surface area contributed by atoms with Gasteiger partial charge in [0, 0.05) is 18.1 Å². The molecule has 1 aromatic carbocycles. The lowest BCUT2D eigenvalue weighted by molar-refractivity contribution is -0.141. The number of rotatable bonds is 5. The van der Waals surface area contributed by atoms with Gasteiger partial charge in [-0.1, -0.05) is 25.3 Å². The summed E-state index contributed by atoms with van der Waals surface area (Å²) in [5.41, 5.74) is 1.38. The zero-order valence-corrected chi connectivity index (χ0v) is 17.8. The van der Waals surface area contributed by atoms with Crippen LogP contribution in [-0.4, -0.2) is 20.1 Å². The maximum absolute atomic E-state index is 12.9. The number of halogens is 3. The highest BCUT2D eigenvalue weighted by atomic mass is 32.1. The minimum Gasteiger partial charge on any atom is -0.386 e. The number of nitrogens with zero attached hydrogens (tertiary/aromatic N) is 3. The van der Waals surface area contributed by atoms with Crippen LogP contribution in [-0.2, 0) is 6.18 Å². The molecule has 31 heavy (non-hydrogen) atoms. The van der Waals surface area contributed by atoms with Crippen LogP contribution < -0.4 is 5.32 Å². The van der Waals surface area contributed by atoms with Crippen molar-refractivity contribution in [2.24, 2.45) is 5.92 Å². The lowest BCUT2D eigenvalue weighted by Crippen LogP contribution is -2.15. The molecule has 4 rings (SSSR count). The standard InChI is InChI=1S/C22H23F3N4OS/c1-13-9-15(17-12-27-20(31-17)19(30)14-5-3-2-4-6-14)11-16(10-13)28-21-26-8-7-18(29-21)22(23,24)25/h7-12,14,19,30H,2-6H2,1H3,(H,26,28,29)/t19-/m0/s1. The third-order valence-corrected chi connectivity index (χ3v) is 6.55. The molecule has 5 nitrogen and oxygen atoms in total. The zero-order valence-electron chi connectivity index (χ0n) is 17.0. The Hall–Kier alpha value is -2.52. The van der Waals surface area contributed by atoms with Gasteiger partial charge < -0.3 is 10.4 Å². The molecule has 2 aromatic heterocycles. The average Bonchev–Trinajstić information content (AvgIpc) is 3.23. The van der Waals surface area contributed by atoms with Gasteiger partial charge in [0.25, 0.3) is 0 Å². The van der Waals surface area contributed by atoms with E-state index < -0.39 is 18.0 Å². The van der Waals surface area contributed by atoms with Gasteiger partial charge in [0.05, 0.1) is 4.88 Å². The van der Waals surface area contributed by atoms with Crippen LogP contribution in [0.5, 0.6) is 0 Å². The Morgan fingerprint density at radius 2 is 1.90 bits per heavy atom. The Kier molecular flexibility index (Phi) is 6.24. The Morgan fingerprint density at radius 3 is 2.65 bits per heavy atom. The Morgan fingerprint density at radius 1 is 1.13 bits per heavy atom. The number of hydrogen-bond acceptors (Lipinski definition) is 6. The van der Waals surface area contributed by atoms with Gasteiger partial charge in [-0.3, -0.25) is 0 Å². The van der Waals surface area contributed by atoms with Crippen molar-refractivity contribution in [3.05, 3.63) is 52.9 Å². The van der Waals surface area contributed by atoms with Crippen LogP contribution in [0.2, 0.25) is 0 Å². The monoisotopic (exact) mass is 448 g/mol. The first-order chi connectivity index (χ1) is 14.8. The van der Waals surface area contributed by atoms with Crippen molar-refractivity contribution in [1.29, 1.82) is 0 Å². The molecule has 1 aliphatic carbocycles. The van der Waals surface area contributed by atoms with Crippen LogP contribution in [0.4, 0.5) is 24.8 Å². The van der Waals surface area contributed by atoms with Crippen molar-refractivity contribution < 1.29 is 18.3 Å². The van der Waals surface area contributed by atoms with E-state index in [0.29, 0.717) is 10.7 Å². The summed E-state index contributed by atoms with van der Waals surface area (Å²) in [7, 11) is 0. The third-order valence-electron chi connectivity index (χ3n) is 5.44. The maximum Gasteiger partial charge on any atom is 0.433 e. The summed E-state index contributed by atoms with van der Waals surface area (Å²) in [5.74, 6) is 0.129. The first-order valence-electron chi connectivity index (χ1n) is 10.2. The summed E-state index contributed by atoms with van der Waals surface area (Å²) in [4.78, 5) is 12.8. The van der Waals surface area contributed by atoms with Gasteiger partial charge >= 0.3 is 6.18 Å². The molecule has 164 valence electrons. The van der Waals surface area contributed by atoms with Crippen LogP contribution in [0.15, 0.2) is 36.7 Å². The number of aromatic nitrogens is 3. The molecule has 1 fully saturated rings. The minimum atomic E-state index is -4.53. The average molecular weight is 449 g/mol. The van der Waals surface area contributed by atoms with Crippen molar-refractivity contribution >= 4 is 23.0 Å². The number of aryl methyl sites for hydroxylation is 1. The largest absolute Gasteiger partial charge is 0.433 e. The molecule has 0 aliphatic heterocycles. The van der Waals surface area contributed by atoms with E-state index in [9.17, 15) is 18.3 Å². The summed E-state index contributed by atoms with van der Waals surface area (Å²) in [6.07, 6.45) is 3.28. The van der Waals surface area contributed by atoms with Crippen LogP contribution in [0.1, 0.15) is 54.5 Å². The fraction of sp³-hybridized carbons (Fsp3) is 0.409. The predicted molar refractivity (Wildman–Crippen MR) is 114 cm³/mol. The lowest BCUT2D eigenvalue weighted by atomic mass is 9.85. The Labute approximate surface area is 182 Å². The van der Waals surface area contributed by atoms with Gasteiger partial charge in [0.1, 0.15) is 16.8 Å². The molecule has 2 N–H and O–H groups in total. The third kappa shape index (κ3) is 5.22. The molecule has 0 spiro atoms. The van der Waals surface area contributed by atoms with E-state index in [1.54, 1.807) is 6.20 Å². The molecular formula is C22H23F3N4OS. The van der Waals surface area contributed by atoms with Gasteiger partial charge in [-0.2, -0.15) is 13.2 Å². The molecular weight excluding hydrogens is 425 g/mol. The first kappa shape index (κ1) is 21.7. The van der Waals surface area contributed by atoms with Gasteiger partial charge in [-0.05, 0) is 55.0 Å². The lowest BCUT2D eigenvalue weighted by Gasteiger charge is -2.25.